The van der Waals surface area contributed by atoms with Gasteiger partial charge in [0.05, 0.1) is 16.7 Å². The van der Waals surface area contributed by atoms with Gasteiger partial charge in [0.25, 0.3) is 11.6 Å². The van der Waals surface area contributed by atoms with Crippen LogP contribution in [0.1, 0.15) is 5.69 Å². The summed E-state index contributed by atoms with van der Waals surface area (Å²) in [6, 6.07) is 4.80. The highest BCUT2D eigenvalue weighted by atomic mass is 35.5. The zero-order valence-electron chi connectivity index (χ0n) is 12.1. The predicted molar refractivity (Wildman–Crippen MR) is 81.3 cm³/mol. The van der Waals surface area contributed by atoms with Gasteiger partial charge in [0, 0.05) is 29.0 Å². The van der Waals surface area contributed by atoms with Gasteiger partial charge in [-0.1, -0.05) is 11.6 Å². The van der Waals surface area contributed by atoms with Gasteiger partial charge in [0.1, 0.15) is 5.69 Å². The molecule has 0 spiro atoms. The van der Waals surface area contributed by atoms with Crippen molar-refractivity contribution in [3.8, 4) is 17.1 Å². The summed E-state index contributed by atoms with van der Waals surface area (Å²) in [5.41, 5.74) is -0.846. The van der Waals surface area contributed by atoms with Crippen molar-refractivity contribution in [2.75, 3.05) is 0 Å². The van der Waals surface area contributed by atoms with E-state index in [0.29, 0.717) is 5.56 Å². The zero-order chi connectivity index (χ0) is 18.2. The summed E-state index contributed by atoms with van der Waals surface area (Å²) in [6.07, 6.45) is -1.11. The van der Waals surface area contributed by atoms with Gasteiger partial charge in [-0.25, -0.2) is 14.6 Å². The Bertz CT molecular complexity index is 958. The Balaban J connectivity index is 2.04. The average molecular weight is 370 g/mol. The van der Waals surface area contributed by atoms with Gasteiger partial charge in [0.2, 0.25) is 0 Å². The Hall–Kier alpha value is -3.01. The molecule has 0 amide bonds. The van der Waals surface area contributed by atoms with E-state index in [1.54, 1.807) is 0 Å². The van der Waals surface area contributed by atoms with Crippen LogP contribution in [0.2, 0.25) is 5.02 Å². The molecule has 3 aromatic rings. The Morgan fingerprint density at radius 1 is 1.24 bits per heavy atom. The Morgan fingerprint density at radius 2 is 2.00 bits per heavy atom. The second-order valence-electron chi connectivity index (χ2n) is 4.83. The van der Waals surface area contributed by atoms with Crippen LogP contribution in [0.15, 0.2) is 42.9 Å². The van der Waals surface area contributed by atoms with Crippen molar-refractivity contribution >= 4 is 17.3 Å². The van der Waals surface area contributed by atoms with Crippen molar-refractivity contribution in [2.24, 2.45) is 0 Å². The van der Waals surface area contributed by atoms with Crippen molar-refractivity contribution in [1.82, 2.24) is 19.7 Å². The van der Waals surface area contributed by atoms with Crippen LogP contribution in [0.4, 0.5) is 18.9 Å². The maximum Gasteiger partial charge on any atom is 0.433 e. The van der Waals surface area contributed by atoms with E-state index in [-0.39, 0.29) is 22.2 Å². The van der Waals surface area contributed by atoms with Crippen molar-refractivity contribution in [1.29, 1.82) is 0 Å². The number of hydrogen-bond donors (Lipinski definition) is 0. The summed E-state index contributed by atoms with van der Waals surface area (Å²) in [5.74, 6) is -0.308. The molecule has 0 unspecified atom stereocenters. The number of alkyl halides is 3. The standard InChI is InChI=1S/C14H7ClF3N5O2/c15-9-1-2-10(11(5-9)23(24)25)8-6-20-22(7-8)13-19-4-3-12(21-13)14(16,17)18/h1-7H. The third kappa shape index (κ3) is 3.43. The van der Waals surface area contributed by atoms with Crippen LogP contribution in [0, 0.1) is 10.1 Å². The number of halogens is 4. The Kier molecular flexibility index (Phi) is 4.13. The summed E-state index contributed by atoms with van der Waals surface area (Å²) in [5, 5.41) is 15.2. The molecule has 25 heavy (non-hydrogen) atoms. The topological polar surface area (TPSA) is 86.7 Å². The fourth-order valence-corrected chi connectivity index (χ4v) is 2.25. The largest absolute Gasteiger partial charge is 0.433 e. The third-order valence-electron chi connectivity index (χ3n) is 3.19. The summed E-state index contributed by atoms with van der Waals surface area (Å²) < 4.78 is 39.2. The molecule has 2 aromatic heterocycles. The number of nitro groups is 1. The van der Waals surface area contributed by atoms with Crippen LogP contribution in [0.25, 0.3) is 17.1 Å². The molecular formula is C14H7ClF3N5O2. The molecule has 11 heteroatoms. The van der Waals surface area contributed by atoms with Gasteiger partial charge in [-0.2, -0.15) is 18.3 Å². The molecule has 0 fully saturated rings. The number of nitro benzene ring substituents is 1. The highest BCUT2D eigenvalue weighted by molar-refractivity contribution is 6.30. The lowest BCUT2D eigenvalue weighted by atomic mass is 10.1. The maximum absolute atomic E-state index is 12.7. The summed E-state index contributed by atoms with van der Waals surface area (Å²) in [4.78, 5) is 17.7. The van der Waals surface area contributed by atoms with E-state index < -0.39 is 16.8 Å². The quantitative estimate of drug-likeness (QED) is 0.516. The SMILES string of the molecule is O=[N+]([O-])c1cc(Cl)ccc1-c1cnn(-c2nccc(C(F)(F)F)n2)c1. The van der Waals surface area contributed by atoms with Crippen LogP contribution in [0.3, 0.4) is 0 Å². The molecule has 1 aromatic carbocycles. The summed E-state index contributed by atoms with van der Waals surface area (Å²) in [7, 11) is 0. The normalized spacial score (nSPS) is 11.5. The molecule has 7 nitrogen and oxygen atoms in total. The van der Waals surface area contributed by atoms with Crippen molar-refractivity contribution < 1.29 is 18.1 Å². The van der Waals surface area contributed by atoms with Crippen molar-refractivity contribution in [3.05, 3.63) is 63.7 Å². The van der Waals surface area contributed by atoms with Crippen LogP contribution in [0.5, 0.6) is 0 Å². The molecule has 0 aliphatic heterocycles. The number of rotatable bonds is 3. The lowest BCUT2D eigenvalue weighted by Crippen LogP contribution is -2.11. The zero-order valence-corrected chi connectivity index (χ0v) is 12.9. The smallest absolute Gasteiger partial charge is 0.258 e. The number of nitrogens with zero attached hydrogens (tertiary/aromatic N) is 5. The first kappa shape index (κ1) is 16.8. The molecule has 0 bridgehead atoms. The monoisotopic (exact) mass is 369 g/mol. The van der Waals surface area contributed by atoms with E-state index in [1.807, 2.05) is 0 Å². The highest BCUT2D eigenvalue weighted by Crippen LogP contribution is 2.32. The van der Waals surface area contributed by atoms with Crippen molar-refractivity contribution in [2.45, 2.75) is 6.18 Å². The molecule has 0 aliphatic rings. The van der Waals surface area contributed by atoms with Crippen molar-refractivity contribution in [3.63, 3.8) is 0 Å². The third-order valence-corrected chi connectivity index (χ3v) is 3.42. The Labute approximate surface area is 142 Å². The molecule has 0 radical (unpaired) electrons. The first-order chi connectivity index (χ1) is 11.8. The molecule has 128 valence electrons. The minimum Gasteiger partial charge on any atom is -0.258 e. The van der Waals surface area contributed by atoms with E-state index in [0.717, 1.165) is 16.9 Å². The Morgan fingerprint density at radius 3 is 2.68 bits per heavy atom. The first-order valence-corrected chi connectivity index (χ1v) is 7.03. The summed E-state index contributed by atoms with van der Waals surface area (Å²) in [6.45, 7) is 0. The molecule has 0 saturated heterocycles. The second-order valence-corrected chi connectivity index (χ2v) is 5.27. The van der Waals surface area contributed by atoms with E-state index in [4.69, 9.17) is 11.6 Å². The number of hydrogen-bond acceptors (Lipinski definition) is 5. The van der Waals surface area contributed by atoms with Gasteiger partial charge < -0.3 is 0 Å². The highest BCUT2D eigenvalue weighted by Gasteiger charge is 2.33. The van der Waals surface area contributed by atoms with Gasteiger partial charge in [-0.3, -0.25) is 10.1 Å². The minimum atomic E-state index is -4.62. The average Bonchev–Trinajstić information content (AvgIpc) is 3.04. The van der Waals surface area contributed by atoms with E-state index in [9.17, 15) is 23.3 Å². The fourth-order valence-electron chi connectivity index (χ4n) is 2.09. The van der Waals surface area contributed by atoms with Crippen LogP contribution < -0.4 is 0 Å². The minimum absolute atomic E-state index is 0.184. The molecular weight excluding hydrogens is 363 g/mol. The number of aromatic nitrogens is 4. The molecule has 0 N–H and O–H groups in total. The lowest BCUT2D eigenvalue weighted by molar-refractivity contribution is -0.384. The van der Waals surface area contributed by atoms with Gasteiger partial charge >= 0.3 is 6.18 Å². The molecule has 0 saturated carbocycles. The number of benzene rings is 1. The maximum atomic E-state index is 12.7. The first-order valence-electron chi connectivity index (χ1n) is 6.65. The molecule has 3 rings (SSSR count). The molecule has 0 aliphatic carbocycles. The van der Waals surface area contributed by atoms with E-state index >= 15 is 0 Å². The predicted octanol–water partition coefficient (Wildman–Crippen LogP) is 3.91. The van der Waals surface area contributed by atoms with Crippen LogP contribution in [-0.4, -0.2) is 24.7 Å². The van der Waals surface area contributed by atoms with Gasteiger partial charge in [-0.05, 0) is 18.2 Å². The van der Waals surface area contributed by atoms with E-state index in [1.165, 1.54) is 30.6 Å². The fraction of sp³-hybridized carbons (Fsp3) is 0.0714. The van der Waals surface area contributed by atoms with Crippen LogP contribution >= 0.6 is 11.6 Å². The molecule has 2 heterocycles. The second kappa shape index (κ2) is 6.13. The van der Waals surface area contributed by atoms with Crippen LogP contribution in [-0.2, 0) is 6.18 Å². The lowest BCUT2D eigenvalue weighted by Gasteiger charge is -2.06. The molecule has 0 atom stereocenters. The van der Waals surface area contributed by atoms with E-state index in [2.05, 4.69) is 15.1 Å². The summed E-state index contributed by atoms with van der Waals surface area (Å²) >= 11 is 5.76. The van der Waals surface area contributed by atoms with Gasteiger partial charge in [-0.15, -0.1) is 0 Å². The van der Waals surface area contributed by atoms with Gasteiger partial charge in [0.15, 0.2) is 0 Å².